The van der Waals surface area contributed by atoms with Crippen molar-refractivity contribution in [3.63, 3.8) is 0 Å². The lowest BCUT2D eigenvalue weighted by atomic mass is 10.1. The molecule has 1 saturated heterocycles. The summed E-state index contributed by atoms with van der Waals surface area (Å²) in [5.41, 5.74) is 2.07. The predicted molar refractivity (Wildman–Crippen MR) is 84.4 cm³/mol. The summed E-state index contributed by atoms with van der Waals surface area (Å²) in [6.07, 6.45) is 2.04. The van der Waals surface area contributed by atoms with Crippen LogP contribution < -0.4 is 10.1 Å². The van der Waals surface area contributed by atoms with Crippen molar-refractivity contribution >= 4 is 11.9 Å². The number of hydrogen-bond acceptors (Lipinski definition) is 5. The van der Waals surface area contributed by atoms with Crippen LogP contribution in [-0.4, -0.2) is 44.3 Å². The van der Waals surface area contributed by atoms with E-state index >= 15 is 0 Å². The fourth-order valence-corrected chi connectivity index (χ4v) is 2.29. The summed E-state index contributed by atoms with van der Waals surface area (Å²) >= 11 is 0. The van der Waals surface area contributed by atoms with E-state index in [-0.39, 0.29) is 25.2 Å². The first-order chi connectivity index (χ1) is 11.1. The molecule has 1 aromatic carbocycles. The predicted octanol–water partition coefficient (Wildman–Crippen LogP) is 1.52. The lowest BCUT2D eigenvalue weighted by Crippen LogP contribution is -2.35. The maximum Gasteiger partial charge on any atom is 0.344 e. The van der Waals surface area contributed by atoms with Gasteiger partial charge in [-0.05, 0) is 43.9 Å². The minimum Gasteiger partial charge on any atom is -0.482 e. The van der Waals surface area contributed by atoms with E-state index in [2.05, 4.69) is 5.32 Å². The zero-order chi connectivity index (χ0) is 16.7. The van der Waals surface area contributed by atoms with Crippen LogP contribution in [0.2, 0.25) is 0 Å². The first-order valence-electron chi connectivity index (χ1n) is 7.79. The summed E-state index contributed by atoms with van der Waals surface area (Å²) in [6.45, 7) is 4.57. The van der Waals surface area contributed by atoms with Crippen molar-refractivity contribution in [1.29, 1.82) is 0 Å². The second kappa shape index (κ2) is 8.53. The smallest absolute Gasteiger partial charge is 0.344 e. The van der Waals surface area contributed by atoms with E-state index in [0.29, 0.717) is 12.3 Å². The van der Waals surface area contributed by atoms with Crippen LogP contribution in [0.1, 0.15) is 24.0 Å². The summed E-state index contributed by atoms with van der Waals surface area (Å²) in [6, 6.07) is 5.63. The van der Waals surface area contributed by atoms with Crippen LogP contribution >= 0.6 is 0 Å². The molecule has 23 heavy (non-hydrogen) atoms. The number of amides is 1. The van der Waals surface area contributed by atoms with Gasteiger partial charge in [0.1, 0.15) is 5.75 Å². The fraction of sp³-hybridized carbons (Fsp3) is 0.529. The molecule has 1 aromatic rings. The molecule has 1 amide bonds. The molecule has 126 valence electrons. The third kappa shape index (κ3) is 5.56. The molecule has 0 bridgehead atoms. The second-order valence-electron chi connectivity index (χ2n) is 5.59. The zero-order valence-corrected chi connectivity index (χ0v) is 13.6. The lowest BCUT2D eigenvalue weighted by Gasteiger charge is -2.12. The lowest BCUT2D eigenvalue weighted by molar-refractivity contribution is -0.150. The summed E-state index contributed by atoms with van der Waals surface area (Å²) < 4.78 is 15.7. The molecule has 1 aliphatic heterocycles. The van der Waals surface area contributed by atoms with Gasteiger partial charge in [-0.1, -0.05) is 12.1 Å². The Morgan fingerprint density at radius 1 is 1.30 bits per heavy atom. The van der Waals surface area contributed by atoms with E-state index in [1.807, 2.05) is 26.0 Å². The van der Waals surface area contributed by atoms with Gasteiger partial charge in [0.2, 0.25) is 0 Å². The fourth-order valence-electron chi connectivity index (χ4n) is 2.29. The van der Waals surface area contributed by atoms with Crippen molar-refractivity contribution in [2.45, 2.75) is 32.8 Å². The second-order valence-corrected chi connectivity index (χ2v) is 5.59. The minimum atomic E-state index is -0.571. The summed E-state index contributed by atoms with van der Waals surface area (Å²) in [5.74, 6) is -0.261. The van der Waals surface area contributed by atoms with Crippen LogP contribution in [0.15, 0.2) is 18.2 Å². The van der Waals surface area contributed by atoms with Crippen molar-refractivity contribution in [2.24, 2.45) is 0 Å². The van der Waals surface area contributed by atoms with Crippen molar-refractivity contribution in [1.82, 2.24) is 5.32 Å². The van der Waals surface area contributed by atoms with Crippen molar-refractivity contribution in [3.05, 3.63) is 29.3 Å². The average molecular weight is 321 g/mol. The largest absolute Gasteiger partial charge is 0.482 e. The number of esters is 1. The number of nitrogens with one attached hydrogen (secondary N) is 1. The SMILES string of the molecule is Cc1cccc(OCC(=O)OCC(=O)NC[C@H]2CCCO2)c1C. The number of hydrogen-bond donors (Lipinski definition) is 1. The van der Waals surface area contributed by atoms with Crippen LogP contribution in [0.4, 0.5) is 0 Å². The molecule has 1 atom stereocenters. The third-order valence-electron chi connectivity index (χ3n) is 3.82. The molecule has 0 aliphatic carbocycles. The van der Waals surface area contributed by atoms with E-state index in [1.165, 1.54) is 0 Å². The maximum atomic E-state index is 11.6. The Morgan fingerprint density at radius 3 is 2.87 bits per heavy atom. The van der Waals surface area contributed by atoms with Crippen LogP contribution in [-0.2, 0) is 19.1 Å². The van der Waals surface area contributed by atoms with Gasteiger partial charge in [-0.2, -0.15) is 0 Å². The Bertz CT molecular complexity index is 552. The normalized spacial score (nSPS) is 16.9. The van der Waals surface area contributed by atoms with Gasteiger partial charge in [-0.3, -0.25) is 4.79 Å². The highest BCUT2D eigenvalue weighted by atomic mass is 16.6. The van der Waals surface area contributed by atoms with E-state index in [9.17, 15) is 9.59 Å². The van der Waals surface area contributed by atoms with Gasteiger partial charge < -0.3 is 19.5 Å². The van der Waals surface area contributed by atoms with Gasteiger partial charge in [0.15, 0.2) is 13.2 Å². The van der Waals surface area contributed by atoms with Crippen LogP contribution in [0.3, 0.4) is 0 Å². The Morgan fingerprint density at radius 2 is 2.13 bits per heavy atom. The van der Waals surface area contributed by atoms with Crippen LogP contribution in [0, 0.1) is 13.8 Å². The molecule has 6 nitrogen and oxygen atoms in total. The highest BCUT2D eigenvalue weighted by molar-refractivity contribution is 5.80. The first-order valence-corrected chi connectivity index (χ1v) is 7.79. The average Bonchev–Trinajstić information content (AvgIpc) is 3.05. The molecular weight excluding hydrogens is 298 g/mol. The Balaban J connectivity index is 1.64. The summed E-state index contributed by atoms with van der Waals surface area (Å²) in [5, 5.41) is 2.69. The standard InChI is InChI=1S/C17H23NO5/c1-12-5-3-7-15(13(12)2)22-11-17(20)23-10-16(19)18-9-14-6-4-8-21-14/h3,5,7,14H,4,6,8-11H2,1-2H3,(H,18,19)/t14-/m1/s1. The first kappa shape index (κ1) is 17.3. The number of rotatable bonds is 7. The molecule has 0 aromatic heterocycles. The van der Waals surface area contributed by atoms with E-state index in [4.69, 9.17) is 14.2 Å². The third-order valence-corrected chi connectivity index (χ3v) is 3.82. The molecule has 1 aliphatic rings. The number of aryl methyl sites for hydroxylation is 1. The Hall–Kier alpha value is -2.08. The number of benzene rings is 1. The van der Waals surface area contributed by atoms with Crippen molar-refractivity contribution in [3.8, 4) is 5.75 Å². The molecule has 0 saturated carbocycles. The molecule has 0 spiro atoms. The molecule has 6 heteroatoms. The Kier molecular flexibility index (Phi) is 6.40. The molecule has 1 N–H and O–H groups in total. The number of ether oxygens (including phenoxy) is 3. The Labute approximate surface area is 136 Å². The quantitative estimate of drug-likeness (QED) is 0.771. The van der Waals surface area contributed by atoms with Crippen LogP contribution in [0.5, 0.6) is 5.75 Å². The van der Waals surface area contributed by atoms with Gasteiger partial charge >= 0.3 is 5.97 Å². The topological polar surface area (TPSA) is 73.9 Å². The van der Waals surface area contributed by atoms with Gasteiger partial charge in [-0.15, -0.1) is 0 Å². The number of carbonyl (C=O) groups excluding carboxylic acids is 2. The van der Waals surface area contributed by atoms with Crippen LogP contribution in [0.25, 0.3) is 0 Å². The molecule has 0 unspecified atom stereocenters. The highest BCUT2D eigenvalue weighted by Crippen LogP contribution is 2.20. The van der Waals surface area contributed by atoms with E-state index < -0.39 is 5.97 Å². The van der Waals surface area contributed by atoms with Gasteiger partial charge in [0.25, 0.3) is 5.91 Å². The van der Waals surface area contributed by atoms with Gasteiger partial charge in [0.05, 0.1) is 6.10 Å². The summed E-state index contributed by atoms with van der Waals surface area (Å²) in [7, 11) is 0. The summed E-state index contributed by atoms with van der Waals surface area (Å²) in [4.78, 5) is 23.2. The molecule has 1 heterocycles. The van der Waals surface area contributed by atoms with Gasteiger partial charge in [0, 0.05) is 13.2 Å². The highest BCUT2D eigenvalue weighted by Gasteiger charge is 2.16. The monoisotopic (exact) mass is 321 g/mol. The van der Waals surface area contributed by atoms with Crippen molar-refractivity contribution < 1.29 is 23.8 Å². The molecule has 1 fully saturated rings. The number of carbonyl (C=O) groups is 2. The van der Waals surface area contributed by atoms with Crippen molar-refractivity contribution in [2.75, 3.05) is 26.4 Å². The minimum absolute atomic E-state index is 0.0716. The molecular formula is C17H23NO5. The van der Waals surface area contributed by atoms with E-state index in [0.717, 1.165) is 30.6 Å². The van der Waals surface area contributed by atoms with Gasteiger partial charge in [-0.25, -0.2) is 4.79 Å². The molecule has 0 radical (unpaired) electrons. The van der Waals surface area contributed by atoms with E-state index in [1.54, 1.807) is 6.07 Å². The molecule has 2 rings (SSSR count). The maximum absolute atomic E-state index is 11.6. The zero-order valence-electron chi connectivity index (χ0n) is 13.6.